The third-order valence-electron chi connectivity index (χ3n) is 3.69. The van der Waals surface area contributed by atoms with Gasteiger partial charge in [0.2, 0.25) is 0 Å². The zero-order valence-electron chi connectivity index (χ0n) is 12.8. The normalized spacial score (nSPS) is 14.8. The molecule has 3 nitrogen and oxygen atoms in total. The Kier molecular flexibility index (Phi) is 5.70. The van der Waals surface area contributed by atoms with E-state index in [1.807, 2.05) is 0 Å². The molecule has 0 atom stereocenters. The molecule has 112 valence electrons. The van der Waals surface area contributed by atoms with Crippen molar-refractivity contribution in [2.24, 2.45) is 0 Å². The molecule has 1 N–H and O–H groups in total. The summed E-state index contributed by atoms with van der Waals surface area (Å²) in [5.41, 5.74) is 2.40. The summed E-state index contributed by atoms with van der Waals surface area (Å²) in [5, 5.41) is 4.37. The van der Waals surface area contributed by atoms with Crippen molar-refractivity contribution >= 4 is 17.3 Å². The van der Waals surface area contributed by atoms with Crippen molar-refractivity contribution in [3.8, 4) is 0 Å². The van der Waals surface area contributed by atoms with E-state index in [4.69, 9.17) is 11.6 Å². The molecule has 1 fully saturated rings. The summed E-state index contributed by atoms with van der Waals surface area (Å²) in [6, 6.07) is 7.15. The molecule has 1 aromatic carbocycles. The lowest BCUT2D eigenvalue weighted by Gasteiger charge is -2.22. The Morgan fingerprint density at radius 3 is 2.55 bits per heavy atom. The standard InChI is InChI=1S/C16H26ClN3/c1-19(2)9-4-10-20(3)16-8-5-13(11-15(16)17)12-18-14-6-7-14/h5,8,11,14,18H,4,6-7,9-10,12H2,1-3H3. The zero-order chi connectivity index (χ0) is 14.5. The molecule has 0 radical (unpaired) electrons. The van der Waals surface area contributed by atoms with E-state index < -0.39 is 0 Å². The molecule has 0 aliphatic heterocycles. The molecule has 0 bridgehead atoms. The Morgan fingerprint density at radius 2 is 1.95 bits per heavy atom. The van der Waals surface area contributed by atoms with Gasteiger partial charge in [0.1, 0.15) is 0 Å². The summed E-state index contributed by atoms with van der Waals surface area (Å²) >= 11 is 6.42. The van der Waals surface area contributed by atoms with Gasteiger partial charge < -0.3 is 15.1 Å². The van der Waals surface area contributed by atoms with Crippen LogP contribution >= 0.6 is 11.6 Å². The van der Waals surface area contributed by atoms with Crippen LogP contribution in [0.4, 0.5) is 5.69 Å². The van der Waals surface area contributed by atoms with E-state index in [0.717, 1.165) is 42.8 Å². The van der Waals surface area contributed by atoms with E-state index >= 15 is 0 Å². The SMILES string of the molecule is CN(C)CCCN(C)c1ccc(CNC2CC2)cc1Cl. The largest absolute Gasteiger partial charge is 0.373 e. The minimum Gasteiger partial charge on any atom is -0.373 e. The Bertz CT molecular complexity index is 430. The average Bonchev–Trinajstić information content (AvgIpc) is 3.19. The van der Waals surface area contributed by atoms with Crippen LogP contribution in [0.5, 0.6) is 0 Å². The van der Waals surface area contributed by atoms with Crippen LogP contribution in [0.1, 0.15) is 24.8 Å². The highest BCUT2D eigenvalue weighted by Gasteiger charge is 2.20. The fourth-order valence-electron chi connectivity index (χ4n) is 2.26. The highest BCUT2D eigenvalue weighted by atomic mass is 35.5. The predicted octanol–water partition coefficient (Wildman–Crippen LogP) is 2.98. The molecule has 0 aromatic heterocycles. The van der Waals surface area contributed by atoms with Crippen LogP contribution in [-0.4, -0.2) is 45.2 Å². The molecular weight excluding hydrogens is 270 g/mol. The van der Waals surface area contributed by atoms with Crippen LogP contribution < -0.4 is 10.2 Å². The molecule has 1 aliphatic rings. The molecule has 4 heteroatoms. The van der Waals surface area contributed by atoms with Crippen molar-refractivity contribution in [1.82, 2.24) is 10.2 Å². The molecule has 1 aliphatic carbocycles. The summed E-state index contributed by atoms with van der Waals surface area (Å²) < 4.78 is 0. The first-order chi connectivity index (χ1) is 9.56. The van der Waals surface area contributed by atoms with Crippen LogP contribution in [0.2, 0.25) is 5.02 Å². The second-order valence-corrected chi connectivity index (χ2v) is 6.43. The summed E-state index contributed by atoms with van der Waals surface area (Å²) in [6.07, 6.45) is 3.78. The van der Waals surface area contributed by atoms with Gasteiger partial charge in [-0.15, -0.1) is 0 Å². The van der Waals surface area contributed by atoms with E-state index in [-0.39, 0.29) is 0 Å². The molecule has 1 aromatic rings. The highest BCUT2D eigenvalue weighted by molar-refractivity contribution is 6.33. The zero-order valence-corrected chi connectivity index (χ0v) is 13.6. The summed E-state index contributed by atoms with van der Waals surface area (Å²) in [7, 11) is 6.32. The van der Waals surface area contributed by atoms with Crippen LogP contribution in [0.3, 0.4) is 0 Å². The van der Waals surface area contributed by atoms with Crippen molar-refractivity contribution in [3.05, 3.63) is 28.8 Å². The Labute approximate surface area is 127 Å². The van der Waals surface area contributed by atoms with Crippen LogP contribution in [0.15, 0.2) is 18.2 Å². The summed E-state index contributed by atoms with van der Waals surface area (Å²) in [4.78, 5) is 4.45. The molecule has 1 saturated carbocycles. The average molecular weight is 296 g/mol. The fourth-order valence-corrected chi connectivity index (χ4v) is 2.61. The lowest BCUT2D eigenvalue weighted by molar-refractivity contribution is 0.401. The monoisotopic (exact) mass is 295 g/mol. The predicted molar refractivity (Wildman–Crippen MR) is 87.8 cm³/mol. The van der Waals surface area contributed by atoms with Crippen molar-refractivity contribution in [2.45, 2.75) is 31.8 Å². The van der Waals surface area contributed by atoms with Gasteiger partial charge in [0, 0.05) is 26.2 Å². The van der Waals surface area contributed by atoms with Crippen LogP contribution in [-0.2, 0) is 6.54 Å². The minimum absolute atomic E-state index is 0.738. The van der Waals surface area contributed by atoms with Gasteiger partial charge in [-0.2, -0.15) is 0 Å². The molecule has 0 spiro atoms. The van der Waals surface area contributed by atoms with Gasteiger partial charge in [-0.3, -0.25) is 0 Å². The number of nitrogens with zero attached hydrogens (tertiary/aromatic N) is 2. The second-order valence-electron chi connectivity index (χ2n) is 6.02. The number of benzene rings is 1. The van der Waals surface area contributed by atoms with E-state index in [1.165, 1.54) is 18.4 Å². The minimum atomic E-state index is 0.738. The smallest absolute Gasteiger partial charge is 0.0642 e. The van der Waals surface area contributed by atoms with Crippen LogP contribution in [0.25, 0.3) is 0 Å². The molecule has 0 heterocycles. The molecule has 0 amide bonds. The van der Waals surface area contributed by atoms with Crippen molar-refractivity contribution < 1.29 is 0 Å². The Morgan fingerprint density at radius 1 is 1.20 bits per heavy atom. The molecular formula is C16H26ClN3. The summed E-state index contributed by atoms with van der Waals surface area (Å²) in [5.74, 6) is 0. The maximum atomic E-state index is 6.42. The van der Waals surface area contributed by atoms with E-state index in [0.29, 0.717) is 0 Å². The Balaban J connectivity index is 1.86. The fraction of sp³-hybridized carbons (Fsp3) is 0.625. The number of halogens is 1. The van der Waals surface area contributed by atoms with E-state index in [1.54, 1.807) is 0 Å². The van der Waals surface area contributed by atoms with Crippen molar-refractivity contribution in [3.63, 3.8) is 0 Å². The lowest BCUT2D eigenvalue weighted by atomic mass is 10.2. The van der Waals surface area contributed by atoms with Gasteiger partial charge in [0.05, 0.1) is 10.7 Å². The third kappa shape index (κ3) is 4.97. The first-order valence-corrected chi connectivity index (χ1v) is 7.81. The number of anilines is 1. The van der Waals surface area contributed by atoms with Gasteiger partial charge in [0.15, 0.2) is 0 Å². The number of hydrogen-bond donors (Lipinski definition) is 1. The van der Waals surface area contributed by atoms with Gasteiger partial charge in [0.25, 0.3) is 0 Å². The van der Waals surface area contributed by atoms with Crippen LogP contribution in [0, 0.1) is 0 Å². The number of nitrogens with one attached hydrogen (secondary N) is 1. The second kappa shape index (κ2) is 7.30. The quantitative estimate of drug-likeness (QED) is 0.795. The number of hydrogen-bond acceptors (Lipinski definition) is 3. The molecule has 0 saturated heterocycles. The molecule has 2 rings (SSSR count). The Hall–Kier alpha value is -0.770. The first-order valence-electron chi connectivity index (χ1n) is 7.44. The maximum Gasteiger partial charge on any atom is 0.0642 e. The van der Waals surface area contributed by atoms with Gasteiger partial charge in [-0.1, -0.05) is 17.7 Å². The topological polar surface area (TPSA) is 18.5 Å². The molecule has 20 heavy (non-hydrogen) atoms. The lowest BCUT2D eigenvalue weighted by Crippen LogP contribution is -2.23. The van der Waals surface area contributed by atoms with Gasteiger partial charge >= 0.3 is 0 Å². The van der Waals surface area contributed by atoms with Crippen molar-refractivity contribution in [2.75, 3.05) is 39.1 Å². The van der Waals surface area contributed by atoms with Gasteiger partial charge in [-0.05, 0) is 57.6 Å². The summed E-state index contributed by atoms with van der Waals surface area (Å²) in [6.45, 7) is 3.05. The third-order valence-corrected chi connectivity index (χ3v) is 4.00. The van der Waals surface area contributed by atoms with E-state index in [2.05, 4.69) is 54.5 Å². The maximum absolute atomic E-state index is 6.42. The first kappa shape index (κ1) is 15.6. The van der Waals surface area contributed by atoms with Crippen molar-refractivity contribution in [1.29, 1.82) is 0 Å². The van der Waals surface area contributed by atoms with E-state index in [9.17, 15) is 0 Å². The highest BCUT2D eigenvalue weighted by Crippen LogP contribution is 2.27. The molecule has 0 unspecified atom stereocenters. The number of rotatable bonds is 8. The van der Waals surface area contributed by atoms with Gasteiger partial charge in [-0.25, -0.2) is 0 Å².